The Labute approximate surface area is 191 Å². The normalized spacial score (nSPS) is 19.8. The van der Waals surface area contributed by atoms with Gasteiger partial charge in [0.1, 0.15) is 5.01 Å². The number of hydrogen-bond donors (Lipinski definition) is 1. The number of thiazole rings is 1. The highest BCUT2D eigenvalue weighted by Gasteiger charge is 2.28. The van der Waals surface area contributed by atoms with Gasteiger partial charge in [0.15, 0.2) is 0 Å². The number of thioether (sulfide) groups is 6. The molecule has 1 N–H and O–H groups in total. The SMILES string of the molecule is O=C(O)c1ccc2sc(/C=C/C3=CSC(=C4SC5=C(SCCS5)S4)S3)nc2c1. The zero-order valence-electron chi connectivity index (χ0n) is 14.0. The number of aromatic carboxylic acids is 1. The summed E-state index contributed by atoms with van der Waals surface area (Å²) in [5, 5.41) is 12.2. The Kier molecular flexibility index (Phi) is 5.88. The van der Waals surface area contributed by atoms with Crippen LogP contribution < -0.4 is 0 Å². The van der Waals surface area contributed by atoms with Crippen molar-refractivity contribution in [3.8, 4) is 0 Å². The van der Waals surface area contributed by atoms with E-state index in [-0.39, 0.29) is 5.56 Å². The van der Waals surface area contributed by atoms with E-state index in [0.29, 0.717) is 0 Å². The van der Waals surface area contributed by atoms with Crippen molar-refractivity contribution in [1.82, 2.24) is 4.98 Å². The Hall–Kier alpha value is -0.360. The molecule has 10 heteroatoms. The summed E-state index contributed by atoms with van der Waals surface area (Å²) in [4.78, 5) is 16.9. The zero-order valence-corrected chi connectivity index (χ0v) is 19.8. The fraction of sp³-hybridized carbons (Fsp3) is 0.111. The molecule has 3 aliphatic rings. The van der Waals surface area contributed by atoms with Gasteiger partial charge in [-0.2, -0.15) is 0 Å². The number of hydrogen-bond acceptors (Lipinski definition) is 9. The van der Waals surface area contributed by atoms with Crippen LogP contribution in [0.25, 0.3) is 16.3 Å². The number of benzene rings is 1. The molecule has 4 heterocycles. The molecule has 0 amide bonds. The highest BCUT2D eigenvalue weighted by Crippen LogP contribution is 2.63. The van der Waals surface area contributed by atoms with Crippen molar-refractivity contribution < 1.29 is 9.90 Å². The minimum Gasteiger partial charge on any atom is -0.478 e. The second kappa shape index (κ2) is 8.41. The van der Waals surface area contributed by atoms with Crippen LogP contribution in [-0.2, 0) is 0 Å². The smallest absolute Gasteiger partial charge is 0.335 e. The number of carboxylic acids is 1. The van der Waals surface area contributed by atoms with E-state index in [0.717, 1.165) is 15.2 Å². The molecule has 0 atom stereocenters. The first kappa shape index (κ1) is 19.6. The van der Waals surface area contributed by atoms with E-state index in [4.69, 9.17) is 5.11 Å². The molecule has 0 radical (unpaired) electrons. The molecule has 0 fully saturated rings. The number of fused-ring (bicyclic) bond motifs is 1. The van der Waals surface area contributed by atoms with Crippen molar-refractivity contribution in [3.63, 3.8) is 0 Å². The van der Waals surface area contributed by atoms with Gasteiger partial charge in [-0.3, -0.25) is 0 Å². The van der Waals surface area contributed by atoms with Gasteiger partial charge in [-0.25, -0.2) is 9.78 Å². The van der Waals surface area contributed by atoms with Gasteiger partial charge in [0.25, 0.3) is 0 Å². The first-order chi connectivity index (χ1) is 13.7. The van der Waals surface area contributed by atoms with Gasteiger partial charge in [0.2, 0.25) is 0 Å². The van der Waals surface area contributed by atoms with Crippen LogP contribution in [0.5, 0.6) is 0 Å². The molecule has 1 aromatic heterocycles. The number of carboxylic acid groups (broad SMARTS) is 1. The highest BCUT2D eigenvalue weighted by atomic mass is 32.3. The summed E-state index contributed by atoms with van der Waals surface area (Å²) >= 11 is 13.0. The molecule has 0 aliphatic carbocycles. The van der Waals surface area contributed by atoms with Gasteiger partial charge < -0.3 is 5.11 Å². The predicted molar refractivity (Wildman–Crippen MR) is 133 cm³/mol. The summed E-state index contributed by atoms with van der Waals surface area (Å²) in [5.41, 5.74) is 1.01. The van der Waals surface area contributed by atoms with Crippen LogP contribution in [0.2, 0.25) is 0 Å². The number of rotatable bonds is 3. The van der Waals surface area contributed by atoms with Crippen LogP contribution in [0.3, 0.4) is 0 Å². The van der Waals surface area contributed by atoms with Crippen LogP contribution in [0.4, 0.5) is 0 Å². The minimum absolute atomic E-state index is 0.272. The molecular weight excluding hydrogens is 487 g/mol. The Balaban J connectivity index is 1.28. The second-order valence-electron chi connectivity index (χ2n) is 5.66. The lowest BCUT2D eigenvalue weighted by molar-refractivity contribution is 0.0697. The highest BCUT2D eigenvalue weighted by molar-refractivity contribution is 8.43. The van der Waals surface area contributed by atoms with Gasteiger partial charge in [-0.05, 0) is 35.8 Å². The second-order valence-corrected chi connectivity index (χ2v) is 14.0. The fourth-order valence-corrected chi connectivity index (χ4v) is 11.8. The molecule has 0 unspecified atom stereocenters. The van der Waals surface area contributed by atoms with E-state index in [1.165, 1.54) is 33.4 Å². The number of allylic oxidation sites excluding steroid dienone is 1. The number of carbonyl (C=O) groups is 1. The molecule has 0 bridgehead atoms. The first-order valence-electron chi connectivity index (χ1n) is 8.12. The van der Waals surface area contributed by atoms with Crippen molar-refractivity contribution >= 4 is 104 Å². The molecule has 28 heavy (non-hydrogen) atoms. The van der Waals surface area contributed by atoms with Crippen molar-refractivity contribution in [1.29, 1.82) is 0 Å². The van der Waals surface area contributed by atoms with E-state index < -0.39 is 5.97 Å². The van der Waals surface area contributed by atoms with Crippen LogP contribution in [0.1, 0.15) is 15.4 Å². The summed E-state index contributed by atoms with van der Waals surface area (Å²) in [6.07, 6.45) is 4.12. The standard InChI is InChI=1S/C18H11NO2S7/c20-14(21)9-1-3-12-11(7-9)19-13(26-12)4-2-10-8-24-17(25-10)18-27-15-16(28-18)23-6-5-22-15/h1-4,7-8H,5-6H2,(H,20,21)/b4-2+. The van der Waals surface area contributed by atoms with Crippen molar-refractivity contribution in [2.24, 2.45) is 0 Å². The predicted octanol–water partition coefficient (Wildman–Crippen LogP) is 7.54. The van der Waals surface area contributed by atoms with Crippen molar-refractivity contribution in [3.05, 3.63) is 62.1 Å². The summed E-state index contributed by atoms with van der Waals surface area (Å²) in [6.45, 7) is 0. The average Bonchev–Trinajstić information content (AvgIpc) is 3.41. The molecule has 1 aromatic carbocycles. The van der Waals surface area contributed by atoms with Crippen LogP contribution in [0.15, 0.2) is 51.5 Å². The molecular formula is C18H11NO2S7. The van der Waals surface area contributed by atoms with Gasteiger partial charge in [0.05, 0.1) is 32.7 Å². The maximum Gasteiger partial charge on any atom is 0.335 e. The molecule has 142 valence electrons. The largest absolute Gasteiger partial charge is 0.478 e. The number of nitrogens with zero attached hydrogens (tertiary/aromatic N) is 1. The van der Waals surface area contributed by atoms with Crippen LogP contribution >= 0.6 is 81.9 Å². The Morgan fingerprint density at radius 3 is 2.54 bits per heavy atom. The van der Waals surface area contributed by atoms with Gasteiger partial charge in [-0.15, -0.1) is 34.9 Å². The van der Waals surface area contributed by atoms with E-state index in [9.17, 15) is 4.79 Å². The van der Waals surface area contributed by atoms with E-state index >= 15 is 0 Å². The maximum absolute atomic E-state index is 11.1. The molecule has 3 aliphatic heterocycles. The number of aromatic nitrogens is 1. The van der Waals surface area contributed by atoms with Crippen molar-refractivity contribution in [2.75, 3.05) is 11.5 Å². The first-order valence-corrected chi connectivity index (χ1v) is 14.2. The third kappa shape index (κ3) is 4.10. The molecule has 0 saturated carbocycles. The van der Waals surface area contributed by atoms with Crippen LogP contribution in [0, 0.1) is 0 Å². The quantitative estimate of drug-likeness (QED) is 0.463. The summed E-state index contributed by atoms with van der Waals surface area (Å²) < 4.78 is 6.72. The van der Waals surface area contributed by atoms with E-state index in [2.05, 4.69) is 16.5 Å². The Morgan fingerprint density at radius 1 is 1.00 bits per heavy atom. The average molecular weight is 498 g/mol. The third-order valence-corrected chi connectivity index (χ3v) is 13.5. The molecule has 2 aromatic rings. The van der Waals surface area contributed by atoms with E-state index in [1.54, 1.807) is 35.2 Å². The molecule has 5 rings (SSSR count). The summed E-state index contributed by atoms with van der Waals surface area (Å²) in [5.74, 6) is 1.50. The molecule has 0 saturated heterocycles. The minimum atomic E-state index is -0.923. The maximum atomic E-state index is 11.1. The molecule has 0 spiro atoms. The summed E-state index contributed by atoms with van der Waals surface area (Å²) in [7, 11) is 0. The van der Waals surface area contributed by atoms with Crippen LogP contribution in [-0.4, -0.2) is 27.6 Å². The lowest BCUT2D eigenvalue weighted by Crippen LogP contribution is -1.94. The van der Waals surface area contributed by atoms with Crippen molar-refractivity contribution in [2.45, 2.75) is 0 Å². The Bertz CT molecular complexity index is 1090. The monoisotopic (exact) mass is 497 g/mol. The zero-order chi connectivity index (χ0) is 19.1. The third-order valence-electron chi connectivity index (χ3n) is 3.79. The lowest BCUT2D eigenvalue weighted by Gasteiger charge is -2.08. The Morgan fingerprint density at radius 2 is 1.79 bits per heavy atom. The molecule has 3 nitrogen and oxygen atoms in total. The summed E-state index contributed by atoms with van der Waals surface area (Å²) in [6, 6.07) is 5.09. The topological polar surface area (TPSA) is 50.2 Å². The fourth-order valence-electron chi connectivity index (χ4n) is 2.53. The van der Waals surface area contributed by atoms with Gasteiger partial charge in [0, 0.05) is 16.4 Å². The van der Waals surface area contributed by atoms with E-state index in [1.807, 2.05) is 71.0 Å². The van der Waals surface area contributed by atoms with Gasteiger partial charge >= 0.3 is 5.97 Å². The lowest BCUT2D eigenvalue weighted by atomic mass is 10.2. The van der Waals surface area contributed by atoms with Gasteiger partial charge in [-0.1, -0.05) is 47.0 Å².